The number of hydrogen-bond acceptors (Lipinski definition) is 5. The summed E-state index contributed by atoms with van der Waals surface area (Å²) in [4.78, 5) is 19.9. The maximum Gasteiger partial charge on any atom is 0.259 e. The van der Waals surface area contributed by atoms with Gasteiger partial charge >= 0.3 is 0 Å². The summed E-state index contributed by atoms with van der Waals surface area (Å²) in [5.41, 5.74) is 4.89. The Hall–Kier alpha value is -4.96. The van der Waals surface area contributed by atoms with Gasteiger partial charge in [0.1, 0.15) is 23.6 Å². The van der Waals surface area contributed by atoms with Crippen LogP contribution in [0.2, 0.25) is 0 Å². The molecule has 3 heterocycles. The Balaban J connectivity index is 1.51. The van der Waals surface area contributed by atoms with Crippen LogP contribution in [-0.2, 0) is 6.42 Å². The van der Waals surface area contributed by atoms with Crippen LogP contribution in [-0.4, -0.2) is 25.9 Å². The molecule has 7 heteroatoms. The Morgan fingerprint density at radius 2 is 1.94 bits per heavy atom. The first kappa shape index (κ1) is 21.6. The normalized spacial score (nSPS) is 14.9. The number of ether oxygens (including phenoxy) is 1. The molecule has 7 nitrogen and oxygen atoms in total. The van der Waals surface area contributed by atoms with Gasteiger partial charge in [-0.05, 0) is 61.0 Å². The van der Waals surface area contributed by atoms with Gasteiger partial charge in [0.25, 0.3) is 5.56 Å². The largest absolute Gasteiger partial charge is 0.490 e. The van der Waals surface area contributed by atoms with Crippen LogP contribution in [0.15, 0.2) is 83.8 Å². The van der Waals surface area contributed by atoms with Crippen LogP contribution in [0.5, 0.6) is 5.75 Å². The minimum atomic E-state index is -0.287. The molecule has 0 saturated carbocycles. The Morgan fingerprint density at radius 3 is 2.78 bits per heavy atom. The highest BCUT2D eigenvalue weighted by Gasteiger charge is 2.21. The molecular weight excluding hydrogens is 450 g/mol. The van der Waals surface area contributed by atoms with Gasteiger partial charge in [-0.15, -0.1) is 0 Å². The Morgan fingerprint density at radius 1 is 1.14 bits per heavy atom. The molecule has 36 heavy (non-hydrogen) atoms. The second-order valence-corrected chi connectivity index (χ2v) is 8.77. The minimum Gasteiger partial charge on any atom is -0.490 e. The smallest absolute Gasteiger partial charge is 0.259 e. The number of hydrogen-bond donors (Lipinski definition) is 1. The van der Waals surface area contributed by atoms with E-state index < -0.39 is 0 Å². The van der Waals surface area contributed by atoms with Crippen LogP contribution in [0, 0.1) is 11.3 Å². The Bertz CT molecular complexity index is 1740. The van der Waals surface area contributed by atoms with E-state index in [4.69, 9.17) is 9.84 Å². The van der Waals surface area contributed by atoms with Crippen molar-refractivity contribution in [1.82, 2.24) is 19.7 Å². The van der Waals surface area contributed by atoms with E-state index >= 15 is 0 Å². The molecular formula is C29H21N5O2. The predicted octanol–water partition coefficient (Wildman–Crippen LogP) is 5.16. The summed E-state index contributed by atoms with van der Waals surface area (Å²) < 4.78 is 7.66. The number of allylic oxidation sites excluding steroid dienone is 1. The molecule has 0 fully saturated rings. The van der Waals surface area contributed by atoms with E-state index in [1.54, 1.807) is 29.0 Å². The standard InChI is InChI=1S/C29H21N5O2/c1-18-13-20-14-19(11-12-26(20)36-18)27-22(17-34(33-27)23-7-3-2-4-8-23)15-21(16-30)28-31-25-10-6-5-9-24(25)29(35)32-28/h2-12,14-15,17-18H,13H2,1H3,(H,31,32,35)/b21-15-/t18-/m0/s1. The summed E-state index contributed by atoms with van der Waals surface area (Å²) in [5.74, 6) is 1.11. The van der Waals surface area contributed by atoms with Crippen molar-refractivity contribution >= 4 is 22.6 Å². The van der Waals surface area contributed by atoms with Crippen molar-refractivity contribution in [2.45, 2.75) is 19.4 Å². The fourth-order valence-corrected chi connectivity index (χ4v) is 4.52. The van der Waals surface area contributed by atoms with E-state index in [-0.39, 0.29) is 23.1 Å². The molecule has 1 aliphatic rings. The first-order valence-electron chi connectivity index (χ1n) is 11.7. The molecule has 3 aromatic carbocycles. The second-order valence-electron chi connectivity index (χ2n) is 8.77. The quantitative estimate of drug-likeness (QED) is 0.365. The van der Waals surface area contributed by atoms with Crippen LogP contribution in [0.1, 0.15) is 23.9 Å². The molecule has 1 N–H and O–H groups in total. The molecule has 0 unspecified atom stereocenters. The van der Waals surface area contributed by atoms with Gasteiger partial charge in [-0.1, -0.05) is 30.3 Å². The summed E-state index contributed by atoms with van der Waals surface area (Å²) in [6.45, 7) is 2.05. The van der Waals surface area contributed by atoms with Crippen LogP contribution in [0.3, 0.4) is 0 Å². The lowest BCUT2D eigenvalue weighted by Crippen LogP contribution is -2.11. The number of nitrogens with one attached hydrogen (secondary N) is 1. The average molecular weight is 472 g/mol. The third-order valence-corrected chi connectivity index (χ3v) is 6.22. The van der Waals surface area contributed by atoms with Crippen molar-refractivity contribution in [2.24, 2.45) is 0 Å². The molecule has 0 amide bonds. The molecule has 5 aromatic rings. The predicted molar refractivity (Wildman–Crippen MR) is 139 cm³/mol. The summed E-state index contributed by atoms with van der Waals surface area (Å²) in [5, 5.41) is 15.4. The van der Waals surface area contributed by atoms with Crippen molar-refractivity contribution in [1.29, 1.82) is 5.26 Å². The first-order valence-corrected chi connectivity index (χ1v) is 11.7. The van der Waals surface area contributed by atoms with Gasteiger partial charge in [-0.2, -0.15) is 10.4 Å². The van der Waals surface area contributed by atoms with E-state index in [1.807, 2.05) is 54.7 Å². The van der Waals surface area contributed by atoms with Crippen molar-refractivity contribution in [3.63, 3.8) is 0 Å². The number of nitriles is 1. The monoisotopic (exact) mass is 471 g/mol. The minimum absolute atomic E-state index is 0.137. The molecule has 0 radical (unpaired) electrons. The Labute approximate surface area is 206 Å². The number of aromatic amines is 1. The number of rotatable bonds is 4. The van der Waals surface area contributed by atoms with E-state index in [1.165, 1.54) is 0 Å². The average Bonchev–Trinajstić information content (AvgIpc) is 3.49. The SMILES string of the molecule is C[C@H]1Cc2cc(-c3nn(-c4ccccc4)cc3/C=C(/C#N)c3nc4ccccc4c(=O)[nH]3)ccc2O1. The molecule has 2 aromatic heterocycles. The van der Waals surface area contributed by atoms with Gasteiger partial charge in [0.2, 0.25) is 0 Å². The summed E-state index contributed by atoms with van der Waals surface area (Å²) in [7, 11) is 0. The lowest BCUT2D eigenvalue weighted by Gasteiger charge is -2.05. The van der Waals surface area contributed by atoms with Gasteiger partial charge in [0.15, 0.2) is 5.82 Å². The Kier molecular flexibility index (Phi) is 5.20. The lowest BCUT2D eigenvalue weighted by molar-refractivity contribution is 0.254. The zero-order valence-electron chi connectivity index (χ0n) is 19.5. The van der Waals surface area contributed by atoms with Crippen molar-refractivity contribution < 1.29 is 4.74 Å². The second kappa shape index (κ2) is 8.67. The molecule has 6 rings (SSSR count). The topological polar surface area (TPSA) is 96.6 Å². The molecule has 0 bridgehead atoms. The molecule has 0 aliphatic carbocycles. The van der Waals surface area contributed by atoms with E-state index in [0.717, 1.165) is 40.2 Å². The van der Waals surface area contributed by atoms with Crippen molar-refractivity contribution in [2.75, 3.05) is 0 Å². The molecule has 0 spiro atoms. The number of nitrogens with zero attached hydrogens (tertiary/aromatic N) is 4. The third-order valence-electron chi connectivity index (χ3n) is 6.22. The zero-order valence-corrected chi connectivity index (χ0v) is 19.5. The molecule has 174 valence electrons. The van der Waals surface area contributed by atoms with E-state index in [2.05, 4.69) is 29.0 Å². The van der Waals surface area contributed by atoms with Crippen molar-refractivity contribution in [3.8, 4) is 28.8 Å². The van der Waals surface area contributed by atoms with Crippen LogP contribution in [0.25, 0.3) is 39.5 Å². The molecule has 0 saturated heterocycles. The number of para-hydroxylation sites is 2. The highest BCUT2D eigenvalue weighted by Crippen LogP contribution is 2.34. The van der Waals surface area contributed by atoms with Gasteiger partial charge in [-0.3, -0.25) is 4.79 Å². The van der Waals surface area contributed by atoms with Gasteiger partial charge in [0, 0.05) is 23.7 Å². The fourth-order valence-electron chi connectivity index (χ4n) is 4.52. The van der Waals surface area contributed by atoms with Crippen LogP contribution >= 0.6 is 0 Å². The van der Waals surface area contributed by atoms with E-state index in [9.17, 15) is 10.1 Å². The first-order chi connectivity index (χ1) is 17.6. The van der Waals surface area contributed by atoms with Gasteiger partial charge in [-0.25, -0.2) is 9.67 Å². The fraction of sp³-hybridized carbons (Fsp3) is 0.103. The summed E-state index contributed by atoms with van der Waals surface area (Å²) >= 11 is 0. The molecule has 1 aliphatic heterocycles. The number of fused-ring (bicyclic) bond motifs is 2. The lowest BCUT2D eigenvalue weighted by atomic mass is 10.0. The highest BCUT2D eigenvalue weighted by molar-refractivity contribution is 5.91. The van der Waals surface area contributed by atoms with E-state index in [0.29, 0.717) is 10.9 Å². The third kappa shape index (κ3) is 3.85. The van der Waals surface area contributed by atoms with Gasteiger partial charge < -0.3 is 9.72 Å². The van der Waals surface area contributed by atoms with Gasteiger partial charge in [0.05, 0.1) is 22.2 Å². The molecule has 1 atom stereocenters. The number of benzene rings is 3. The van der Waals surface area contributed by atoms with Crippen molar-refractivity contribution in [3.05, 3.63) is 106 Å². The maximum absolute atomic E-state index is 12.6. The summed E-state index contributed by atoms with van der Waals surface area (Å²) in [6.07, 6.45) is 4.58. The number of H-pyrrole nitrogens is 1. The maximum atomic E-state index is 12.6. The van der Waals surface area contributed by atoms with Crippen LogP contribution in [0.4, 0.5) is 0 Å². The number of aromatic nitrogens is 4. The highest BCUT2D eigenvalue weighted by atomic mass is 16.5. The summed E-state index contributed by atoms with van der Waals surface area (Å²) in [6, 6.07) is 25.1. The van der Waals surface area contributed by atoms with Crippen LogP contribution < -0.4 is 10.3 Å². The zero-order chi connectivity index (χ0) is 24.6.